The minimum absolute atomic E-state index is 0.0232. The minimum atomic E-state index is -0.0232. The summed E-state index contributed by atoms with van der Waals surface area (Å²) in [4.78, 5) is 18.3. The van der Waals surface area contributed by atoms with Gasteiger partial charge in [-0.25, -0.2) is 0 Å². The van der Waals surface area contributed by atoms with Gasteiger partial charge in [-0.2, -0.15) is 0 Å². The van der Waals surface area contributed by atoms with Gasteiger partial charge in [0.1, 0.15) is 6.61 Å². The van der Waals surface area contributed by atoms with E-state index in [9.17, 15) is 4.79 Å². The molecule has 0 unspecified atom stereocenters. The normalized spacial score (nSPS) is 11.0. The molecule has 0 spiro atoms. The number of para-hydroxylation sites is 1. The van der Waals surface area contributed by atoms with E-state index in [0.717, 1.165) is 31.2 Å². The van der Waals surface area contributed by atoms with E-state index in [1.807, 2.05) is 24.3 Å². The van der Waals surface area contributed by atoms with Crippen LogP contribution in [0.25, 0.3) is 10.9 Å². The lowest BCUT2D eigenvalue weighted by Gasteiger charge is -2.17. The number of aromatic nitrogens is 1. The topological polar surface area (TPSA) is 40.5 Å². The Bertz CT molecular complexity index is 693. The average Bonchev–Trinajstić information content (AvgIpc) is 2.63. The number of hydrogen-bond acceptors (Lipinski definition) is 3. The average molecular weight is 345 g/mol. The molecule has 0 saturated heterocycles. The van der Waals surface area contributed by atoms with Gasteiger partial charge in [0.15, 0.2) is 5.43 Å². The summed E-state index contributed by atoms with van der Waals surface area (Å²) in [5, 5.41) is 0.661. The van der Waals surface area contributed by atoms with Crippen LogP contribution in [-0.2, 0) is 0 Å². The van der Waals surface area contributed by atoms with Crippen LogP contribution < -0.4 is 15.0 Å². The van der Waals surface area contributed by atoms with E-state index in [1.54, 1.807) is 10.8 Å². The van der Waals surface area contributed by atoms with Gasteiger partial charge in [0, 0.05) is 11.5 Å². The second-order valence-corrected chi connectivity index (χ2v) is 6.46. The molecule has 0 bridgehead atoms. The maximum absolute atomic E-state index is 12.4. The SMILES string of the molecule is CCCCCCOc1cc(=O)c2ccccc2n1OCCCCCC. The zero-order valence-electron chi connectivity index (χ0n) is 15.6. The van der Waals surface area contributed by atoms with Gasteiger partial charge in [-0.3, -0.25) is 4.79 Å². The van der Waals surface area contributed by atoms with Crippen LogP contribution >= 0.6 is 0 Å². The Labute approximate surface area is 150 Å². The predicted molar refractivity (Wildman–Crippen MR) is 103 cm³/mol. The van der Waals surface area contributed by atoms with Crippen molar-refractivity contribution in [1.29, 1.82) is 0 Å². The molecule has 0 N–H and O–H groups in total. The zero-order valence-corrected chi connectivity index (χ0v) is 15.6. The third kappa shape index (κ3) is 5.80. The molecule has 0 atom stereocenters. The number of hydrogen-bond donors (Lipinski definition) is 0. The molecule has 0 amide bonds. The van der Waals surface area contributed by atoms with Crippen LogP contribution in [0.4, 0.5) is 0 Å². The first kappa shape index (κ1) is 19.4. The fourth-order valence-electron chi connectivity index (χ4n) is 2.85. The minimum Gasteiger partial charge on any atom is -0.477 e. The first-order valence-corrected chi connectivity index (χ1v) is 9.68. The molecular weight excluding hydrogens is 314 g/mol. The van der Waals surface area contributed by atoms with Crippen LogP contribution in [0.15, 0.2) is 35.1 Å². The Balaban J connectivity index is 2.13. The molecule has 0 fully saturated rings. The lowest BCUT2D eigenvalue weighted by Crippen LogP contribution is -2.20. The fourth-order valence-corrected chi connectivity index (χ4v) is 2.85. The van der Waals surface area contributed by atoms with E-state index in [1.165, 1.54) is 25.7 Å². The maximum atomic E-state index is 12.4. The van der Waals surface area contributed by atoms with Crippen LogP contribution in [0, 0.1) is 0 Å². The number of rotatable bonds is 12. The molecular formula is C21H31NO3. The lowest BCUT2D eigenvalue weighted by molar-refractivity contribution is 0.0883. The Hall–Kier alpha value is -1.97. The molecule has 2 rings (SSSR count). The third-order valence-electron chi connectivity index (χ3n) is 4.31. The van der Waals surface area contributed by atoms with Gasteiger partial charge in [-0.1, -0.05) is 58.1 Å². The van der Waals surface area contributed by atoms with Crippen LogP contribution in [0.2, 0.25) is 0 Å². The quantitative estimate of drug-likeness (QED) is 0.510. The highest BCUT2D eigenvalue weighted by Crippen LogP contribution is 2.18. The highest BCUT2D eigenvalue weighted by atomic mass is 16.7. The van der Waals surface area contributed by atoms with E-state index >= 15 is 0 Å². The summed E-state index contributed by atoms with van der Waals surface area (Å²) in [5.41, 5.74) is 0.749. The van der Waals surface area contributed by atoms with Crippen LogP contribution in [0.3, 0.4) is 0 Å². The molecule has 4 nitrogen and oxygen atoms in total. The summed E-state index contributed by atoms with van der Waals surface area (Å²) in [5.74, 6) is 0.510. The van der Waals surface area contributed by atoms with Crippen molar-refractivity contribution < 1.29 is 9.57 Å². The van der Waals surface area contributed by atoms with Gasteiger partial charge >= 0.3 is 0 Å². The summed E-state index contributed by atoms with van der Waals surface area (Å²) < 4.78 is 7.59. The van der Waals surface area contributed by atoms with E-state index < -0.39 is 0 Å². The van der Waals surface area contributed by atoms with Crippen molar-refractivity contribution in [3.05, 3.63) is 40.6 Å². The Morgan fingerprint density at radius 1 is 0.880 bits per heavy atom. The zero-order chi connectivity index (χ0) is 17.9. The lowest BCUT2D eigenvalue weighted by atomic mass is 10.2. The van der Waals surface area contributed by atoms with Crippen LogP contribution in [0.5, 0.6) is 5.88 Å². The standard InChI is InChI=1S/C21H31NO3/c1-3-5-7-11-15-24-21-17-20(23)18-13-9-10-14-19(18)22(21)25-16-12-8-6-4-2/h9-10,13-14,17H,3-8,11-12,15-16H2,1-2H3. The number of ether oxygens (including phenoxy) is 1. The molecule has 1 aromatic carbocycles. The summed E-state index contributed by atoms with van der Waals surface area (Å²) in [7, 11) is 0. The highest BCUT2D eigenvalue weighted by Gasteiger charge is 2.11. The van der Waals surface area contributed by atoms with Crippen LogP contribution in [0.1, 0.15) is 65.2 Å². The molecule has 0 aliphatic heterocycles. The van der Waals surface area contributed by atoms with Crippen molar-refractivity contribution in [3.8, 4) is 5.88 Å². The summed E-state index contributed by atoms with van der Waals surface area (Å²) >= 11 is 0. The van der Waals surface area contributed by atoms with Gasteiger partial charge in [0.25, 0.3) is 0 Å². The maximum Gasteiger partial charge on any atom is 0.231 e. The molecule has 25 heavy (non-hydrogen) atoms. The van der Waals surface area contributed by atoms with Crippen molar-refractivity contribution in [2.75, 3.05) is 13.2 Å². The number of benzene rings is 1. The fraction of sp³-hybridized carbons (Fsp3) is 0.571. The van der Waals surface area contributed by atoms with Gasteiger partial charge in [0.05, 0.1) is 12.1 Å². The molecule has 0 aliphatic carbocycles. The van der Waals surface area contributed by atoms with Crippen LogP contribution in [-0.4, -0.2) is 17.9 Å². The number of fused-ring (bicyclic) bond motifs is 1. The van der Waals surface area contributed by atoms with Gasteiger partial charge in [-0.05, 0) is 31.4 Å². The van der Waals surface area contributed by atoms with Crippen molar-refractivity contribution in [2.45, 2.75) is 65.2 Å². The molecule has 4 heteroatoms. The first-order chi connectivity index (χ1) is 12.3. The van der Waals surface area contributed by atoms with Crippen molar-refractivity contribution >= 4 is 10.9 Å². The first-order valence-electron chi connectivity index (χ1n) is 9.68. The van der Waals surface area contributed by atoms with Crippen molar-refractivity contribution in [1.82, 2.24) is 4.73 Å². The molecule has 0 radical (unpaired) electrons. The molecule has 1 heterocycles. The second kappa shape index (κ2) is 10.8. The van der Waals surface area contributed by atoms with Gasteiger partial charge in [0.2, 0.25) is 5.88 Å². The summed E-state index contributed by atoms with van der Waals surface area (Å²) in [6.07, 6.45) is 9.12. The molecule has 1 aromatic heterocycles. The summed E-state index contributed by atoms with van der Waals surface area (Å²) in [6.45, 7) is 5.62. The molecule has 0 aliphatic rings. The summed E-state index contributed by atoms with van der Waals surface area (Å²) in [6, 6.07) is 9.09. The van der Waals surface area contributed by atoms with Crippen molar-refractivity contribution in [2.24, 2.45) is 0 Å². The molecule has 0 saturated carbocycles. The number of unbranched alkanes of at least 4 members (excludes halogenated alkanes) is 6. The van der Waals surface area contributed by atoms with E-state index in [4.69, 9.17) is 9.57 Å². The van der Waals surface area contributed by atoms with Gasteiger partial charge in [-0.15, -0.1) is 4.73 Å². The number of pyridine rings is 1. The Morgan fingerprint density at radius 3 is 2.28 bits per heavy atom. The Morgan fingerprint density at radius 2 is 1.56 bits per heavy atom. The third-order valence-corrected chi connectivity index (χ3v) is 4.31. The smallest absolute Gasteiger partial charge is 0.231 e. The van der Waals surface area contributed by atoms with Crippen molar-refractivity contribution in [3.63, 3.8) is 0 Å². The molecule has 2 aromatic rings. The molecule has 138 valence electrons. The van der Waals surface area contributed by atoms with E-state index in [0.29, 0.717) is 24.5 Å². The van der Waals surface area contributed by atoms with Gasteiger partial charge < -0.3 is 9.57 Å². The highest BCUT2D eigenvalue weighted by molar-refractivity contribution is 5.79. The largest absolute Gasteiger partial charge is 0.477 e. The Kier molecular flexibility index (Phi) is 8.36. The predicted octanol–water partition coefficient (Wildman–Crippen LogP) is 4.97. The van der Waals surface area contributed by atoms with E-state index in [-0.39, 0.29) is 5.43 Å². The number of nitrogens with zero attached hydrogens (tertiary/aromatic N) is 1. The second-order valence-electron chi connectivity index (χ2n) is 6.46. The monoisotopic (exact) mass is 345 g/mol. The van der Waals surface area contributed by atoms with E-state index in [2.05, 4.69) is 13.8 Å².